The number of carbonyl (C=O) groups is 1. The van der Waals surface area contributed by atoms with Crippen LogP contribution in [0.5, 0.6) is 0 Å². The Morgan fingerprint density at radius 3 is 2.64 bits per heavy atom. The number of nitrogens with zero attached hydrogens (tertiary/aromatic N) is 2. The Hall–Kier alpha value is -2.60. The van der Waals surface area contributed by atoms with Crippen LogP contribution in [0, 0.1) is 6.92 Å². The highest BCUT2D eigenvalue weighted by molar-refractivity contribution is 8.00. The SMILES string of the molecule is Cc1ccc(CNC(=O)C(C)Sc2nc3ccccc3c(=O)n2C2CC2)cc1. The molecule has 3 aromatic rings. The smallest absolute Gasteiger partial charge is 0.262 e. The van der Waals surface area contributed by atoms with E-state index in [-0.39, 0.29) is 22.8 Å². The molecule has 144 valence electrons. The number of amides is 1. The van der Waals surface area contributed by atoms with Gasteiger partial charge in [-0.05, 0) is 44.4 Å². The molecule has 4 rings (SSSR count). The number of para-hydroxylation sites is 1. The molecule has 1 aromatic heterocycles. The van der Waals surface area contributed by atoms with E-state index < -0.39 is 0 Å². The molecule has 2 aromatic carbocycles. The summed E-state index contributed by atoms with van der Waals surface area (Å²) < 4.78 is 1.77. The highest BCUT2D eigenvalue weighted by atomic mass is 32.2. The number of fused-ring (bicyclic) bond motifs is 1. The van der Waals surface area contributed by atoms with Gasteiger partial charge in [-0.15, -0.1) is 0 Å². The molecule has 5 nitrogen and oxygen atoms in total. The summed E-state index contributed by atoms with van der Waals surface area (Å²) in [5.41, 5.74) is 2.93. The highest BCUT2D eigenvalue weighted by Gasteiger charge is 2.30. The van der Waals surface area contributed by atoms with Crippen LogP contribution in [-0.2, 0) is 11.3 Å². The maximum Gasteiger partial charge on any atom is 0.262 e. The Balaban J connectivity index is 1.52. The number of thioether (sulfide) groups is 1. The van der Waals surface area contributed by atoms with E-state index in [1.54, 1.807) is 4.57 Å². The Morgan fingerprint density at radius 2 is 1.93 bits per heavy atom. The molecule has 1 amide bonds. The third-order valence-corrected chi connectivity index (χ3v) is 5.99. The van der Waals surface area contributed by atoms with E-state index in [1.165, 1.54) is 17.3 Å². The molecule has 0 aliphatic heterocycles. The topological polar surface area (TPSA) is 64.0 Å². The zero-order chi connectivity index (χ0) is 19.7. The molecule has 0 saturated heterocycles. The van der Waals surface area contributed by atoms with Gasteiger partial charge in [0.2, 0.25) is 5.91 Å². The van der Waals surface area contributed by atoms with Gasteiger partial charge in [-0.1, -0.05) is 53.7 Å². The molecular weight excluding hydrogens is 370 g/mol. The minimum absolute atomic E-state index is 0.0112. The first-order chi connectivity index (χ1) is 13.5. The van der Waals surface area contributed by atoms with Crippen LogP contribution in [0.1, 0.15) is 36.9 Å². The molecule has 1 aliphatic carbocycles. The van der Waals surface area contributed by atoms with Crippen molar-refractivity contribution in [2.45, 2.75) is 49.7 Å². The lowest BCUT2D eigenvalue weighted by Gasteiger charge is -2.16. The fourth-order valence-corrected chi connectivity index (χ4v) is 4.12. The lowest BCUT2D eigenvalue weighted by molar-refractivity contribution is -0.120. The average Bonchev–Trinajstić information content (AvgIpc) is 3.52. The van der Waals surface area contributed by atoms with Crippen molar-refractivity contribution in [1.29, 1.82) is 0 Å². The van der Waals surface area contributed by atoms with Crippen LogP contribution in [0.2, 0.25) is 0 Å². The standard InChI is InChI=1S/C22H23N3O2S/c1-14-7-9-16(10-8-14)13-23-20(26)15(2)28-22-24-19-6-4-3-5-18(19)21(27)25(22)17-11-12-17/h3-10,15,17H,11-13H2,1-2H3,(H,23,26). The van der Waals surface area contributed by atoms with Crippen LogP contribution in [0.25, 0.3) is 10.9 Å². The Bertz CT molecular complexity index is 1070. The minimum atomic E-state index is -0.344. The quantitative estimate of drug-likeness (QED) is 0.511. The molecule has 1 aliphatic rings. The molecule has 1 atom stereocenters. The van der Waals surface area contributed by atoms with E-state index in [4.69, 9.17) is 4.98 Å². The van der Waals surface area contributed by atoms with Gasteiger partial charge in [-0.3, -0.25) is 14.2 Å². The van der Waals surface area contributed by atoms with E-state index in [0.29, 0.717) is 22.6 Å². The average molecular weight is 394 g/mol. The maximum atomic E-state index is 12.9. The second kappa shape index (κ2) is 7.80. The van der Waals surface area contributed by atoms with Gasteiger partial charge >= 0.3 is 0 Å². The number of aryl methyl sites for hydroxylation is 1. The second-order valence-electron chi connectivity index (χ2n) is 7.28. The molecule has 0 bridgehead atoms. The van der Waals surface area contributed by atoms with Gasteiger partial charge in [0, 0.05) is 12.6 Å². The minimum Gasteiger partial charge on any atom is -0.351 e. The van der Waals surface area contributed by atoms with Gasteiger partial charge in [0.25, 0.3) is 5.56 Å². The molecule has 1 unspecified atom stereocenters. The first kappa shape index (κ1) is 18.7. The summed E-state index contributed by atoms with van der Waals surface area (Å²) in [6.45, 7) is 4.38. The zero-order valence-corrected chi connectivity index (χ0v) is 16.8. The first-order valence-corrected chi connectivity index (χ1v) is 10.4. The van der Waals surface area contributed by atoms with Crippen molar-refractivity contribution in [1.82, 2.24) is 14.9 Å². The normalized spacial score (nSPS) is 14.8. The van der Waals surface area contributed by atoms with E-state index in [9.17, 15) is 9.59 Å². The predicted octanol–water partition coefficient (Wildman–Crippen LogP) is 3.84. The molecule has 1 saturated carbocycles. The number of hydrogen-bond donors (Lipinski definition) is 1. The summed E-state index contributed by atoms with van der Waals surface area (Å²) in [4.78, 5) is 30.2. The summed E-state index contributed by atoms with van der Waals surface area (Å²) >= 11 is 1.35. The van der Waals surface area contributed by atoms with Crippen LogP contribution in [0.4, 0.5) is 0 Å². The van der Waals surface area contributed by atoms with Gasteiger partial charge in [-0.2, -0.15) is 0 Å². The summed E-state index contributed by atoms with van der Waals surface area (Å²) in [7, 11) is 0. The predicted molar refractivity (Wildman–Crippen MR) is 113 cm³/mol. The zero-order valence-electron chi connectivity index (χ0n) is 16.0. The molecule has 1 fully saturated rings. The van der Waals surface area contributed by atoms with E-state index in [0.717, 1.165) is 18.4 Å². The van der Waals surface area contributed by atoms with Gasteiger partial charge in [0.05, 0.1) is 16.2 Å². The molecular formula is C22H23N3O2S. The Kier molecular flexibility index (Phi) is 5.22. The Morgan fingerprint density at radius 1 is 1.21 bits per heavy atom. The molecule has 1 N–H and O–H groups in total. The highest BCUT2D eigenvalue weighted by Crippen LogP contribution is 2.37. The van der Waals surface area contributed by atoms with Crippen molar-refractivity contribution < 1.29 is 4.79 Å². The molecule has 0 radical (unpaired) electrons. The third-order valence-electron chi connectivity index (χ3n) is 4.93. The maximum absolute atomic E-state index is 12.9. The van der Waals surface area contributed by atoms with Crippen molar-refractivity contribution in [3.63, 3.8) is 0 Å². The van der Waals surface area contributed by atoms with Crippen molar-refractivity contribution in [3.8, 4) is 0 Å². The second-order valence-corrected chi connectivity index (χ2v) is 8.59. The summed E-state index contributed by atoms with van der Waals surface area (Å²) in [5.74, 6) is -0.0599. The van der Waals surface area contributed by atoms with Crippen LogP contribution in [-0.4, -0.2) is 20.7 Å². The van der Waals surface area contributed by atoms with Gasteiger partial charge in [0.1, 0.15) is 0 Å². The molecule has 6 heteroatoms. The lowest BCUT2D eigenvalue weighted by Crippen LogP contribution is -2.31. The monoisotopic (exact) mass is 393 g/mol. The number of nitrogens with one attached hydrogen (secondary N) is 1. The van der Waals surface area contributed by atoms with Crippen LogP contribution >= 0.6 is 11.8 Å². The number of hydrogen-bond acceptors (Lipinski definition) is 4. The fraction of sp³-hybridized carbons (Fsp3) is 0.318. The molecule has 28 heavy (non-hydrogen) atoms. The number of rotatable bonds is 6. The van der Waals surface area contributed by atoms with Crippen LogP contribution in [0.3, 0.4) is 0 Å². The van der Waals surface area contributed by atoms with E-state index >= 15 is 0 Å². The summed E-state index contributed by atoms with van der Waals surface area (Å²) in [6.07, 6.45) is 1.98. The van der Waals surface area contributed by atoms with Crippen LogP contribution in [0.15, 0.2) is 58.5 Å². The molecule has 1 heterocycles. The summed E-state index contributed by atoms with van der Waals surface area (Å²) in [5, 5.41) is 3.90. The van der Waals surface area contributed by atoms with Gasteiger partial charge in [-0.25, -0.2) is 4.98 Å². The van der Waals surface area contributed by atoms with Gasteiger partial charge < -0.3 is 5.32 Å². The number of carbonyl (C=O) groups excluding carboxylic acids is 1. The van der Waals surface area contributed by atoms with E-state index in [1.807, 2.05) is 62.4 Å². The largest absolute Gasteiger partial charge is 0.351 e. The molecule has 0 spiro atoms. The van der Waals surface area contributed by atoms with Gasteiger partial charge in [0.15, 0.2) is 5.16 Å². The van der Waals surface area contributed by atoms with E-state index in [2.05, 4.69) is 5.32 Å². The van der Waals surface area contributed by atoms with Crippen molar-refractivity contribution in [2.75, 3.05) is 0 Å². The first-order valence-electron chi connectivity index (χ1n) is 9.54. The van der Waals surface area contributed by atoms with Crippen molar-refractivity contribution in [3.05, 3.63) is 70.0 Å². The van der Waals surface area contributed by atoms with Crippen molar-refractivity contribution >= 4 is 28.6 Å². The van der Waals surface area contributed by atoms with Crippen LogP contribution < -0.4 is 10.9 Å². The Labute approximate surface area is 168 Å². The third kappa shape index (κ3) is 3.97. The fourth-order valence-electron chi connectivity index (χ4n) is 3.11. The number of aromatic nitrogens is 2. The number of benzene rings is 2. The lowest BCUT2D eigenvalue weighted by atomic mass is 10.1. The van der Waals surface area contributed by atoms with Crippen molar-refractivity contribution in [2.24, 2.45) is 0 Å². The summed E-state index contributed by atoms with van der Waals surface area (Å²) in [6, 6.07) is 15.7.